The molecule has 27 heavy (non-hydrogen) atoms. The fraction of sp³-hybridized carbons (Fsp3) is 0.235. The van der Waals surface area contributed by atoms with Crippen LogP contribution in [0.1, 0.15) is 10.4 Å². The highest BCUT2D eigenvalue weighted by molar-refractivity contribution is 6.36. The number of hydrogen-bond acceptors (Lipinski definition) is 7. The van der Waals surface area contributed by atoms with Crippen molar-refractivity contribution in [3.63, 3.8) is 0 Å². The van der Waals surface area contributed by atoms with Gasteiger partial charge in [0.15, 0.2) is 23.9 Å². The molecule has 0 bridgehead atoms. The first-order valence-corrected chi connectivity index (χ1v) is 8.23. The lowest BCUT2D eigenvalue weighted by atomic mass is 10.2. The average molecular weight is 415 g/mol. The molecule has 0 aliphatic heterocycles. The number of hydrogen-bond donors (Lipinski definition) is 1. The number of pyridine rings is 1. The Morgan fingerprint density at radius 3 is 2.19 bits per heavy atom. The standard InChI is InChI=1S/C17H16Cl2N2O6/c1-24-12-4-9(5-13(25-2)15(12)26-3)17(23)27-8-14(22)21-16-11(19)6-10(18)7-20-16/h4-7H,8H2,1-3H3,(H,20,21,22). The molecule has 0 fully saturated rings. The number of rotatable bonds is 7. The molecule has 0 radical (unpaired) electrons. The Bertz CT molecular complexity index is 834. The Hall–Kier alpha value is -2.71. The fourth-order valence-corrected chi connectivity index (χ4v) is 2.52. The lowest BCUT2D eigenvalue weighted by Gasteiger charge is -2.13. The number of nitrogens with one attached hydrogen (secondary N) is 1. The first-order chi connectivity index (χ1) is 12.9. The summed E-state index contributed by atoms with van der Waals surface area (Å²) in [6.07, 6.45) is 1.32. The Morgan fingerprint density at radius 2 is 1.67 bits per heavy atom. The predicted molar refractivity (Wildman–Crippen MR) is 99.3 cm³/mol. The maximum absolute atomic E-state index is 12.2. The van der Waals surface area contributed by atoms with Crippen LogP contribution in [0.2, 0.25) is 10.0 Å². The Balaban J connectivity index is 2.05. The third-order valence-electron chi connectivity index (χ3n) is 3.30. The summed E-state index contributed by atoms with van der Waals surface area (Å²) < 4.78 is 20.5. The van der Waals surface area contributed by atoms with Gasteiger partial charge in [-0.1, -0.05) is 23.2 Å². The summed E-state index contributed by atoms with van der Waals surface area (Å²) in [5.41, 5.74) is 0.125. The van der Waals surface area contributed by atoms with Crippen LogP contribution >= 0.6 is 23.2 Å². The van der Waals surface area contributed by atoms with Crippen molar-refractivity contribution >= 4 is 40.9 Å². The number of esters is 1. The van der Waals surface area contributed by atoms with Gasteiger partial charge >= 0.3 is 5.97 Å². The average Bonchev–Trinajstić information content (AvgIpc) is 2.66. The number of carbonyl (C=O) groups excluding carboxylic acids is 2. The number of amides is 1. The maximum Gasteiger partial charge on any atom is 0.338 e. The lowest BCUT2D eigenvalue weighted by molar-refractivity contribution is -0.119. The van der Waals surface area contributed by atoms with E-state index in [2.05, 4.69) is 10.3 Å². The second-order valence-electron chi connectivity index (χ2n) is 5.02. The molecule has 1 aromatic heterocycles. The van der Waals surface area contributed by atoms with E-state index in [-0.39, 0.29) is 27.9 Å². The van der Waals surface area contributed by atoms with Crippen LogP contribution in [0, 0.1) is 0 Å². The van der Waals surface area contributed by atoms with E-state index < -0.39 is 18.5 Å². The number of aromatic nitrogens is 1. The molecule has 1 aromatic carbocycles. The van der Waals surface area contributed by atoms with Crippen LogP contribution < -0.4 is 19.5 Å². The summed E-state index contributed by atoms with van der Waals surface area (Å²) in [7, 11) is 4.28. The monoisotopic (exact) mass is 414 g/mol. The molecule has 144 valence electrons. The van der Waals surface area contributed by atoms with Gasteiger partial charge < -0.3 is 24.3 Å². The van der Waals surface area contributed by atoms with Gasteiger partial charge in [-0.15, -0.1) is 0 Å². The van der Waals surface area contributed by atoms with Crippen LogP contribution in [0.15, 0.2) is 24.4 Å². The molecular weight excluding hydrogens is 399 g/mol. The number of ether oxygens (including phenoxy) is 4. The van der Waals surface area contributed by atoms with Gasteiger partial charge in [-0.2, -0.15) is 0 Å². The molecule has 2 rings (SSSR count). The van der Waals surface area contributed by atoms with Gasteiger partial charge in [0.05, 0.1) is 36.9 Å². The third kappa shape index (κ3) is 5.15. The topological polar surface area (TPSA) is 96.0 Å². The molecule has 1 amide bonds. The summed E-state index contributed by atoms with van der Waals surface area (Å²) in [6, 6.07) is 4.26. The molecule has 0 aliphatic carbocycles. The molecule has 0 aliphatic rings. The van der Waals surface area contributed by atoms with Crippen molar-refractivity contribution < 1.29 is 28.5 Å². The molecule has 1 N–H and O–H groups in total. The molecule has 0 atom stereocenters. The summed E-state index contributed by atoms with van der Waals surface area (Å²) in [6.45, 7) is -0.546. The van der Waals surface area contributed by atoms with E-state index in [1.807, 2.05) is 0 Å². The van der Waals surface area contributed by atoms with Crippen LogP contribution in [0.4, 0.5) is 5.82 Å². The van der Waals surface area contributed by atoms with E-state index in [9.17, 15) is 9.59 Å². The van der Waals surface area contributed by atoms with Gasteiger partial charge in [-0.3, -0.25) is 4.79 Å². The molecule has 2 aromatic rings. The molecule has 10 heteroatoms. The van der Waals surface area contributed by atoms with E-state index in [1.165, 1.54) is 45.7 Å². The molecule has 0 spiro atoms. The van der Waals surface area contributed by atoms with Gasteiger partial charge in [-0.05, 0) is 18.2 Å². The minimum atomic E-state index is -0.750. The first-order valence-electron chi connectivity index (χ1n) is 7.47. The van der Waals surface area contributed by atoms with Gasteiger partial charge in [0.1, 0.15) is 0 Å². The zero-order chi connectivity index (χ0) is 20.0. The second kappa shape index (κ2) is 9.29. The van der Waals surface area contributed by atoms with Crippen molar-refractivity contribution in [2.24, 2.45) is 0 Å². The number of carbonyl (C=O) groups is 2. The van der Waals surface area contributed by atoms with Crippen LogP contribution in [-0.4, -0.2) is 44.8 Å². The minimum Gasteiger partial charge on any atom is -0.493 e. The van der Waals surface area contributed by atoms with Crippen LogP contribution in [0.5, 0.6) is 17.2 Å². The van der Waals surface area contributed by atoms with Crippen molar-refractivity contribution in [1.82, 2.24) is 4.98 Å². The Morgan fingerprint density at radius 1 is 1.04 bits per heavy atom. The van der Waals surface area contributed by atoms with Gasteiger partial charge in [-0.25, -0.2) is 9.78 Å². The van der Waals surface area contributed by atoms with E-state index in [1.54, 1.807) is 0 Å². The summed E-state index contributed by atoms with van der Waals surface area (Å²) >= 11 is 11.7. The zero-order valence-corrected chi connectivity index (χ0v) is 16.2. The second-order valence-corrected chi connectivity index (χ2v) is 5.87. The van der Waals surface area contributed by atoms with E-state index in [4.69, 9.17) is 42.1 Å². The number of methoxy groups -OCH3 is 3. The molecule has 8 nitrogen and oxygen atoms in total. The SMILES string of the molecule is COc1cc(C(=O)OCC(=O)Nc2ncc(Cl)cc2Cl)cc(OC)c1OC. The largest absolute Gasteiger partial charge is 0.493 e. The van der Waals surface area contributed by atoms with Crippen molar-refractivity contribution in [2.45, 2.75) is 0 Å². The summed E-state index contributed by atoms with van der Waals surface area (Å²) in [5.74, 6) is -0.365. The Kier molecular flexibility index (Phi) is 7.09. The molecule has 0 unspecified atom stereocenters. The highest BCUT2D eigenvalue weighted by Crippen LogP contribution is 2.38. The van der Waals surface area contributed by atoms with Gasteiger partial charge in [0.2, 0.25) is 5.75 Å². The van der Waals surface area contributed by atoms with Crippen molar-refractivity contribution in [3.8, 4) is 17.2 Å². The molecule has 0 saturated heterocycles. The van der Waals surface area contributed by atoms with E-state index in [0.717, 1.165) is 0 Å². The third-order valence-corrected chi connectivity index (χ3v) is 3.80. The predicted octanol–water partition coefficient (Wildman–Crippen LogP) is 3.21. The van der Waals surface area contributed by atoms with Gasteiger partial charge in [0, 0.05) is 6.20 Å². The highest BCUT2D eigenvalue weighted by atomic mass is 35.5. The number of benzene rings is 1. The van der Waals surface area contributed by atoms with E-state index >= 15 is 0 Å². The van der Waals surface area contributed by atoms with Gasteiger partial charge in [0.25, 0.3) is 5.91 Å². The van der Waals surface area contributed by atoms with Crippen LogP contribution in [-0.2, 0) is 9.53 Å². The maximum atomic E-state index is 12.2. The lowest BCUT2D eigenvalue weighted by Crippen LogP contribution is -2.21. The minimum absolute atomic E-state index is 0.106. The van der Waals surface area contributed by atoms with Crippen molar-refractivity contribution in [2.75, 3.05) is 33.3 Å². The van der Waals surface area contributed by atoms with Crippen LogP contribution in [0.3, 0.4) is 0 Å². The number of anilines is 1. The molecule has 0 saturated carbocycles. The molecule has 1 heterocycles. The van der Waals surface area contributed by atoms with Crippen molar-refractivity contribution in [1.29, 1.82) is 0 Å². The van der Waals surface area contributed by atoms with Crippen LogP contribution in [0.25, 0.3) is 0 Å². The fourth-order valence-electron chi connectivity index (χ4n) is 2.09. The smallest absolute Gasteiger partial charge is 0.338 e. The van der Waals surface area contributed by atoms with E-state index in [0.29, 0.717) is 10.8 Å². The number of nitrogens with zero attached hydrogens (tertiary/aromatic N) is 1. The van der Waals surface area contributed by atoms with Crippen molar-refractivity contribution in [3.05, 3.63) is 40.0 Å². The molecular formula is C17H16Cl2N2O6. The Labute approximate surface area is 165 Å². The quantitative estimate of drug-likeness (QED) is 0.694. The summed E-state index contributed by atoms with van der Waals surface area (Å²) in [5, 5.41) is 2.91. The highest BCUT2D eigenvalue weighted by Gasteiger charge is 2.19. The zero-order valence-electron chi connectivity index (χ0n) is 14.7. The normalized spacial score (nSPS) is 10.1. The first kappa shape index (κ1) is 20.6. The summed E-state index contributed by atoms with van der Waals surface area (Å²) in [4.78, 5) is 28.1. The number of halogens is 2.